The molecule has 1 fully saturated rings. The molecule has 0 saturated carbocycles. The Balaban J connectivity index is 0.00000324. The summed E-state index contributed by atoms with van der Waals surface area (Å²) in [7, 11) is 0. The van der Waals surface area contributed by atoms with Crippen LogP contribution in [0.2, 0.25) is 0 Å². The van der Waals surface area contributed by atoms with E-state index in [0.29, 0.717) is 5.92 Å². The number of rotatable bonds is 3. The first-order valence-electron chi connectivity index (χ1n) is 6.54. The van der Waals surface area contributed by atoms with Gasteiger partial charge in [-0.15, -0.1) is 12.4 Å². The molecule has 0 bridgehead atoms. The molecule has 112 valence electrons. The number of amides is 2. The summed E-state index contributed by atoms with van der Waals surface area (Å²) in [6.07, 6.45) is 1.93. The van der Waals surface area contributed by atoms with Gasteiger partial charge in [0.15, 0.2) is 0 Å². The predicted molar refractivity (Wildman–Crippen MR) is 77.8 cm³/mol. The predicted octanol–water partition coefficient (Wildman–Crippen LogP) is 0.896. The van der Waals surface area contributed by atoms with Crippen LogP contribution in [0.5, 0.6) is 0 Å². The van der Waals surface area contributed by atoms with E-state index in [4.69, 9.17) is 11.5 Å². The molecule has 0 aliphatic carbocycles. The molecule has 1 aliphatic heterocycles. The van der Waals surface area contributed by atoms with Crippen LogP contribution in [0.1, 0.15) is 40.0 Å². The van der Waals surface area contributed by atoms with E-state index in [1.807, 2.05) is 0 Å². The SMILES string of the molecule is CC(C)(C)C1CCN(C(=O)C(N)CC(N)=O)CC1.Cl. The fourth-order valence-corrected chi connectivity index (χ4v) is 2.50. The molecule has 6 heteroatoms. The van der Waals surface area contributed by atoms with Crippen molar-refractivity contribution in [3.63, 3.8) is 0 Å². The smallest absolute Gasteiger partial charge is 0.240 e. The molecule has 0 radical (unpaired) electrons. The number of primary amides is 1. The number of nitrogens with two attached hydrogens (primary N) is 2. The van der Waals surface area contributed by atoms with E-state index in [0.717, 1.165) is 25.9 Å². The monoisotopic (exact) mass is 291 g/mol. The summed E-state index contributed by atoms with van der Waals surface area (Å²) >= 11 is 0. The van der Waals surface area contributed by atoms with Crippen molar-refractivity contribution in [1.82, 2.24) is 4.90 Å². The van der Waals surface area contributed by atoms with Crippen LogP contribution in [0.4, 0.5) is 0 Å². The van der Waals surface area contributed by atoms with Gasteiger partial charge in [-0.05, 0) is 24.2 Å². The Hall–Kier alpha value is -0.810. The molecule has 1 unspecified atom stereocenters. The lowest BCUT2D eigenvalue weighted by molar-refractivity contribution is -0.136. The minimum absolute atomic E-state index is 0. The Morgan fingerprint density at radius 2 is 1.74 bits per heavy atom. The number of carbonyl (C=O) groups excluding carboxylic acids is 2. The minimum Gasteiger partial charge on any atom is -0.370 e. The number of hydrogen-bond acceptors (Lipinski definition) is 3. The highest BCUT2D eigenvalue weighted by atomic mass is 35.5. The summed E-state index contributed by atoms with van der Waals surface area (Å²) in [5.74, 6) is -0.0458. The van der Waals surface area contributed by atoms with Gasteiger partial charge in [0.2, 0.25) is 11.8 Å². The molecular weight excluding hydrogens is 266 g/mol. The number of halogens is 1. The Morgan fingerprint density at radius 1 is 1.26 bits per heavy atom. The van der Waals surface area contributed by atoms with Gasteiger partial charge in [0.05, 0.1) is 12.5 Å². The molecule has 1 heterocycles. The molecule has 1 atom stereocenters. The van der Waals surface area contributed by atoms with Crippen molar-refractivity contribution in [3.8, 4) is 0 Å². The summed E-state index contributed by atoms with van der Waals surface area (Å²) in [4.78, 5) is 24.5. The van der Waals surface area contributed by atoms with Crippen molar-refractivity contribution in [2.24, 2.45) is 22.8 Å². The first-order chi connectivity index (χ1) is 8.21. The number of carbonyl (C=O) groups is 2. The molecule has 0 spiro atoms. The molecule has 0 aromatic heterocycles. The molecular formula is C13H26ClN3O2. The van der Waals surface area contributed by atoms with E-state index >= 15 is 0 Å². The molecule has 4 N–H and O–H groups in total. The van der Waals surface area contributed by atoms with Gasteiger partial charge in [0, 0.05) is 13.1 Å². The second-order valence-corrected chi connectivity index (χ2v) is 6.24. The largest absolute Gasteiger partial charge is 0.370 e. The van der Waals surface area contributed by atoms with Gasteiger partial charge in [0.25, 0.3) is 0 Å². The van der Waals surface area contributed by atoms with Crippen molar-refractivity contribution in [1.29, 1.82) is 0 Å². The van der Waals surface area contributed by atoms with Gasteiger partial charge in [-0.3, -0.25) is 9.59 Å². The zero-order valence-corrected chi connectivity index (χ0v) is 12.8. The van der Waals surface area contributed by atoms with Crippen molar-refractivity contribution < 1.29 is 9.59 Å². The molecule has 2 amide bonds. The van der Waals surface area contributed by atoms with Crippen molar-refractivity contribution >= 4 is 24.2 Å². The zero-order valence-electron chi connectivity index (χ0n) is 12.0. The minimum atomic E-state index is -0.784. The van der Waals surface area contributed by atoms with Gasteiger partial charge in [-0.2, -0.15) is 0 Å². The maximum absolute atomic E-state index is 12.0. The lowest BCUT2D eigenvalue weighted by Crippen LogP contribution is -2.49. The Bertz CT molecular complexity index is 320. The van der Waals surface area contributed by atoms with Gasteiger partial charge >= 0.3 is 0 Å². The lowest BCUT2D eigenvalue weighted by atomic mass is 9.75. The highest BCUT2D eigenvalue weighted by molar-refractivity contribution is 5.87. The topological polar surface area (TPSA) is 89.4 Å². The average molecular weight is 292 g/mol. The van der Waals surface area contributed by atoms with Gasteiger partial charge < -0.3 is 16.4 Å². The van der Waals surface area contributed by atoms with Crippen molar-refractivity contribution in [2.75, 3.05) is 13.1 Å². The second-order valence-electron chi connectivity index (χ2n) is 6.24. The maximum Gasteiger partial charge on any atom is 0.240 e. The number of piperidine rings is 1. The Kier molecular flexibility index (Phi) is 6.80. The Labute approximate surface area is 121 Å². The Morgan fingerprint density at radius 3 is 2.11 bits per heavy atom. The molecule has 1 aliphatic rings. The lowest BCUT2D eigenvalue weighted by Gasteiger charge is -2.39. The zero-order chi connectivity index (χ0) is 13.9. The van der Waals surface area contributed by atoms with E-state index in [2.05, 4.69) is 20.8 Å². The fourth-order valence-electron chi connectivity index (χ4n) is 2.50. The molecule has 1 saturated heterocycles. The van der Waals surface area contributed by atoms with E-state index in [9.17, 15) is 9.59 Å². The van der Waals surface area contributed by atoms with Crippen LogP contribution >= 0.6 is 12.4 Å². The quantitative estimate of drug-likeness (QED) is 0.809. The van der Waals surface area contributed by atoms with Gasteiger partial charge in [-0.25, -0.2) is 0 Å². The van der Waals surface area contributed by atoms with Gasteiger partial charge in [0.1, 0.15) is 0 Å². The van der Waals surface area contributed by atoms with Crippen molar-refractivity contribution in [2.45, 2.75) is 46.1 Å². The standard InChI is InChI=1S/C13H25N3O2.ClH/c1-13(2,3)9-4-6-16(7-5-9)12(18)10(14)8-11(15)17;/h9-10H,4-8,14H2,1-3H3,(H2,15,17);1H. The third kappa shape index (κ3) is 5.37. The van der Waals surface area contributed by atoms with E-state index in [-0.39, 0.29) is 30.2 Å². The van der Waals surface area contributed by atoms with Gasteiger partial charge in [-0.1, -0.05) is 20.8 Å². The molecule has 19 heavy (non-hydrogen) atoms. The normalized spacial score (nSPS) is 18.6. The van der Waals surface area contributed by atoms with Crippen LogP contribution in [0.25, 0.3) is 0 Å². The van der Waals surface area contributed by atoms with E-state index < -0.39 is 11.9 Å². The van der Waals surface area contributed by atoms with Crippen molar-refractivity contribution in [3.05, 3.63) is 0 Å². The van der Waals surface area contributed by atoms with Crippen LogP contribution < -0.4 is 11.5 Å². The van der Waals surface area contributed by atoms with E-state index in [1.54, 1.807) is 4.90 Å². The number of nitrogens with zero attached hydrogens (tertiary/aromatic N) is 1. The molecule has 0 aromatic carbocycles. The third-order valence-electron chi connectivity index (χ3n) is 3.77. The van der Waals surface area contributed by atoms with E-state index in [1.165, 1.54) is 0 Å². The highest BCUT2D eigenvalue weighted by Crippen LogP contribution is 2.34. The summed E-state index contributed by atoms with van der Waals surface area (Å²) in [5, 5.41) is 0. The fraction of sp³-hybridized carbons (Fsp3) is 0.846. The summed E-state index contributed by atoms with van der Waals surface area (Å²) < 4.78 is 0. The van der Waals surface area contributed by atoms with Crippen LogP contribution in [0.15, 0.2) is 0 Å². The summed E-state index contributed by atoms with van der Waals surface area (Å²) in [6.45, 7) is 8.15. The number of hydrogen-bond donors (Lipinski definition) is 2. The summed E-state index contributed by atoms with van der Waals surface area (Å²) in [5.41, 5.74) is 11.0. The third-order valence-corrected chi connectivity index (χ3v) is 3.77. The maximum atomic E-state index is 12.0. The molecule has 5 nitrogen and oxygen atoms in total. The van der Waals surface area contributed by atoms with Crippen LogP contribution in [0.3, 0.4) is 0 Å². The van der Waals surface area contributed by atoms with Crippen LogP contribution in [-0.4, -0.2) is 35.8 Å². The van der Waals surface area contributed by atoms with Crippen LogP contribution in [-0.2, 0) is 9.59 Å². The second kappa shape index (κ2) is 7.10. The highest BCUT2D eigenvalue weighted by Gasteiger charge is 2.32. The van der Waals surface area contributed by atoms with Crippen LogP contribution in [0, 0.1) is 11.3 Å². The molecule has 1 rings (SSSR count). The summed E-state index contributed by atoms with van der Waals surface area (Å²) in [6, 6.07) is -0.784. The molecule has 0 aromatic rings. The first-order valence-corrected chi connectivity index (χ1v) is 6.54. The number of likely N-dealkylation sites (tertiary alicyclic amines) is 1. The first kappa shape index (κ1) is 18.2. The average Bonchev–Trinajstić information content (AvgIpc) is 2.26.